The predicted octanol–water partition coefficient (Wildman–Crippen LogP) is 2.34. The first-order valence-electron chi connectivity index (χ1n) is 9.25. The van der Waals surface area contributed by atoms with Gasteiger partial charge < -0.3 is 14.8 Å². The molecule has 2 aromatic rings. The van der Waals surface area contributed by atoms with Crippen LogP contribution in [0.4, 0.5) is 5.82 Å². The molecule has 0 radical (unpaired) electrons. The summed E-state index contributed by atoms with van der Waals surface area (Å²) in [7, 11) is 0. The molecular formula is C20H27N4OS+. The van der Waals surface area contributed by atoms with Gasteiger partial charge in [0.15, 0.2) is 6.54 Å². The number of nitrogens with zero attached hydrogens (tertiary/aromatic N) is 2. The van der Waals surface area contributed by atoms with Crippen molar-refractivity contribution < 1.29 is 9.69 Å². The number of hydrogen-bond donors (Lipinski definition) is 2. The molecule has 0 bridgehead atoms. The first kappa shape index (κ1) is 18.7. The molecule has 0 spiro atoms. The van der Waals surface area contributed by atoms with Crippen LogP contribution in [0.3, 0.4) is 0 Å². The van der Waals surface area contributed by atoms with Gasteiger partial charge in [-0.3, -0.25) is 4.79 Å². The van der Waals surface area contributed by atoms with Crippen LogP contribution < -0.4 is 10.2 Å². The number of aromatic nitrogens is 1. The maximum absolute atomic E-state index is 12.7. The molecule has 1 saturated heterocycles. The van der Waals surface area contributed by atoms with Gasteiger partial charge in [-0.05, 0) is 43.7 Å². The second-order valence-electron chi connectivity index (χ2n) is 7.39. The van der Waals surface area contributed by atoms with Gasteiger partial charge in [0, 0.05) is 16.5 Å². The van der Waals surface area contributed by atoms with E-state index < -0.39 is 0 Å². The van der Waals surface area contributed by atoms with Crippen LogP contribution in [-0.4, -0.2) is 30.1 Å². The van der Waals surface area contributed by atoms with Gasteiger partial charge >= 0.3 is 0 Å². The number of anilines is 1. The van der Waals surface area contributed by atoms with Crippen molar-refractivity contribution in [2.75, 3.05) is 25.0 Å². The quantitative estimate of drug-likeness (QED) is 0.847. The van der Waals surface area contributed by atoms with E-state index in [0.717, 1.165) is 24.3 Å². The molecule has 1 unspecified atom stereocenters. The summed E-state index contributed by atoms with van der Waals surface area (Å²) in [6.07, 6.45) is 2.44. The number of carbonyl (C=O) groups excluding carboxylic acids is 1. The first-order valence-corrected chi connectivity index (χ1v) is 10.1. The van der Waals surface area contributed by atoms with Crippen LogP contribution in [0, 0.1) is 31.1 Å². The highest BCUT2D eigenvalue weighted by atomic mass is 32.1. The minimum Gasteiger partial charge on any atom is -0.327 e. The van der Waals surface area contributed by atoms with Gasteiger partial charge in [0.1, 0.15) is 11.9 Å². The van der Waals surface area contributed by atoms with Crippen molar-refractivity contribution in [1.82, 2.24) is 4.57 Å². The Morgan fingerprint density at radius 3 is 2.96 bits per heavy atom. The average Bonchev–Trinajstić information content (AvgIpc) is 3.18. The van der Waals surface area contributed by atoms with Gasteiger partial charge in [-0.15, -0.1) is 11.3 Å². The lowest BCUT2D eigenvalue weighted by Gasteiger charge is -2.27. The van der Waals surface area contributed by atoms with Crippen LogP contribution in [-0.2, 0) is 11.3 Å². The van der Waals surface area contributed by atoms with Crippen LogP contribution in [0.1, 0.15) is 41.5 Å². The lowest BCUT2D eigenvalue weighted by molar-refractivity contribution is -0.900. The Morgan fingerprint density at radius 2 is 2.31 bits per heavy atom. The van der Waals surface area contributed by atoms with Gasteiger partial charge in [-0.1, -0.05) is 13.0 Å². The molecular weight excluding hydrogens is 344 g/mol. The Balaban J connectivity index is 1.80. The highest BCUT2D eigenvalue weighted by molar-refractivity contribution is 7.09. The number of rotatable bonds is 5. The molecule has 138 valence electrons. The summed E-state index contributed by atoms with van der Waals surface area (Å²) < 4.78 is 2.06. The van der Waals surface area contributed by atoms with Gasteiger partial charge in [0.05, 0.1) is 25.2 Å². The second-order valence-corrected chi connectivity index (χ2v) is 8.42. The second kappa shape index (κ2) is 8.07. The number of likely N-dealkylation sites (tertiary alicyclic amines) is 1. The van der Waals surface area contributed by atoms with Crippen molar-refractivity contribution in [2.24, 2.45) is 5.92 Å². The summed E-state index contributed by atoms with van der Waals surface area (Å²) in [5.41, 5.74) is 2.55. The summed E-state index contributed by atoms with van der Waals surface area (Å²) in [5.74, 6) is 1.31. The van der Waals surface area contributed by atoms with Crippen LogP contribution >= 0.6 is 11.3 Å². The smallest absolute Gasteiger partial charge is 0.280 e. The van der Waals surface area contributed by atoms with E-state index in [1.807, 2.05) is 25.3 Å². The van der Waals surface area contributed by atoms with Gasteiger partial charge in [-0.25, -0.2) is 0 Å². The molecule has 0 aliphatic carbocycles. The highest BCUT2D eigenvalue weighted by Crippen LogP contribution is 2.28. The molecule has 1 fully saturated rings. The molecule has 1 aliphatic rings. The van der Waals surface area contributed by atoms with E-state index in [1.165, 1.54) is 22.6 Å². The van der Waals surface area contributed by atoms with Crippen LogP contribution in [0.2, 0.25) is 0 Å². The van der Waals surface area contributed by atoms with E-state index in [9.17, 15) is 10.1 Å². The summed E-state index contributed by atoms with van der Waals surface area (Å²) >= 11 is 1.68. The number of hydrogen-bond acceptors (Lipinski definition) is 3. The van der Waals surface area contributed by atoms with Gasteiger partial charge in [-0.2, -0.15) is 5.26 Å². The standard InChI is InChI=1S/C20H26N4OS/c1-14-6-4-8-23(11-14)13-19(25)22-20-18(10-21)15(2)16(3)24(20)12-17-7-5-9-26-17/h5,7,9,14H,4,6,8,11-13H2,1-3H3,(H,22,25)/p+1/t14-/m0/s1. The predicted molar refractivity (Wildman–Crippen MR) is 105 cm³/mol. The molecule has 0 aromatic carbocycles. The van der Waals surface area contributed by atoms with Crippen molar-refractivity contribution in [3.8, 4) is 6.07 Å². The maximum Gasteiger partial charge on any atom is 0.280 e. The van der Waals surface area contributed by atoms with Crippen LogP contribution in [0.5, 0.6) is 0 Å². The largest absolute Gasteiger partial charge is 0.327 e. The molecule has 26 heavy (non-hydrogen) atoms. The third kappa shape index (κ3) is 4.00. The van der Waals surface area contributed by atoms with Crippen molar-refractivity contribution in [1.29, 1.82) is 5.26 Å². The molecule has 3 rings (SSSR count). The summed E-state index contributed by atoms with van der Waals surface area (Å²) in [6.45, 7) is 9.46. The molecule has 2 atom stereocenters. The van der Waals surface area contributed by atoms with E-state index in [0.29, 0.717) is 30.4 Å². The first-order chi connectivity index (χ1) is 12.5. The van der Waals surface area contributed by atoms with Crippen molar-refractivity contribution in [3.63, 3.8) is 0 Å². The lowest BCUT2D eigenvalue weighted by atomic mass is 10.0. The zero-order valence-corrected chi connectivity index (χ0v) is 16.6. The number of carbonyl (C=O) groups is 1. The zero-order valence-electron chi connectivity index (χ0n) is 15.8. The molecule has 2 aromatic heterocycles. The SMILES string of the molecule is Cc1c(C#N)c(NC(=O)C[NH+]2CCC[C@H](C)C2)n(Cc2cccs2)c1C. The highest BCUT2D eigenvalue weighted by Gasteiger charge is 2.24. The number of quaternary nitrogens is 1. The molecule has 2 N–H and O–H groups in total. The number of nitrogens with one attached hydrogen (secondary N) is 2. The number of nitriles is 1. The number of thiophene rings is 1. The minimum absolute atomic E-state index is 0.00414. The van der Waals surface area contributed by atoms with E-state index >= 15 is 0 Å². The molecule has 1 aliphatic heterocycles. The number of amides is 1. The summed E-state index contributed by atoms with van der Waals surface area (Å²) in [4.78, 5) is 15.2. The van der Waals surface area contributed by atoms with Crippen LogP contribution in [0.25, 0.3) is 0 Å². The Bertz CT molecular complexity index is 816. The van der Waals surface area contributed by atoms with Gasteiger partial charge in [0.2, 0.25) is 0 Å². The third-order valence-electron chi connectivity index (χ3n) is 5.37. The average molecular weight is 372 g/mol. The monoisotopic (exact) mass is 371 g/mol. The fourth-order valence-corrected chi connectivity index (χ4v) is 4.54. The van der Waals surface area contributed by atoms with Crippen molar-refractivity contribution in [2.45, 2.75) is 40.2 Å². The molecule has 0 saturated carbocycles. The maximum atomic E-state index is 12.7. The van der Waals surface area contributed by atoms with Crippen LogP contribution in [0.15, 0.2) is 17.5 Å². The van der Waals surface area contributed by atoms with Gasteiger partial charge in [0.25, 0.3) is 5.91 Å². The normalized spacial score (nSPS) is 19.9. The molecule has 1 amide bonds. The Morgan fingerprint density at radius 1 is 1.50 bits per heavy atom. The molecule has 3 heterocycles. The molecule has 5 nitrogen and oxygen atoms in total. The number of piperidine rings is 1. The van der Waals surface area contributed by atoms with E-state index in [-0.39, 0.29) is 5.91 Å². The Kier molecular flexibility index (Phi) is 5.80. The molecule has 6 heteroatoms. The van der Waals surface area contributed by atoms with Crippen molar-refractivity contribution in [3.05, 3.63) is 39.2 Å². The van der Waals surface area contributed by atoms with E-state index in [1.54, 1.807) is 11.3 Å². The van der Waals surface area contributed by atoms with E-state index in [4.69, 9.17) is 0 Å². The summed E-state index contributed by atoms with van der Waals surface area (Å²) in [6, 6.07) is 6.39. The third-order valence-corrected chi connectivity index (χ3v) is 6.23. The fraction of sp³-hybridized carbons (Fsp3) is 0.500. The summed E-state index contributed by atoms with van der Waals surface area (Å²) in [5, 5.41) is 14.7. The van der Waals surface area contributed by atoms with E-state index in [2.05, 4.69) is 28.9 Å². The topological polar surface area (TPSA) is 62.3 Å². The Labute approximate surface area is 159 Å². The lowest BCUT2D eigenvalue weighted by Crippen LogP contribution is -3.14. The fourth-order valence-electron chi connectivity index (χ4n) is 3.85. The van der Waals surface area contributed by atoms with Crippen molar-refractivity contribution >= 4 is 23.1 Å². The Hall–Kier alpha value is -2.10. The minimum atomic E-state index is -0.00414. The zero-order chi connectivity index (χ0) is 18.7.